The van der Waals surface area contributed by atoms with Crippen molar-refractivity contribution in [1.82, 2.24) is 0 Å². The molecule has 0 aromatic heterocycles. The molecule has 0 aromatic rings. The molecule has 29 heavy (non-hydrogen) atoms. The molecule has 6 nitrogen and oxygen atoms in total. The summed E-state index contributed by atoms with van der Waals surface area (Å²) in [6, 6.07) is 0. The maximum Gasteiger partial charge on any atom is 0.213 e. The zero-order valence-electron chi connectivity index (χ0n) is 17.6. The van der Waals surface area contributed by atoms with Gasteiger partial charge >= 0.3 is 0 Å². The van der Waals surface area contributed by atoms with Gasteiger partial charge in [-0.15, -0.1) is 0 Å². The Hall–Kier alpha value is -1.08. The van der Waals surface area contributed by atoms with Gasteiger partial charge in [0.2, 0.25) is 5.79 Å². The predicted molar refractivity (Wildman–Crippen MR) is 101 cm³/mol. The van der Waals surface area contributed by atoms with Gasteiger partial charge in [0.25, 0.3) is 0 Å². The molecule has 1 N–H and O–H groups in total. The number of aliphatic hydroxyl groups is 1. The van der Waals surface area contributed by atoms with Gasteiger partial charge in [-0.3, -0.25) is 9.59 Å². The van der Waals surface area contributed by atoms with Crippen LogP contribution in [0.2, 0.25) is 0 Å². The number of ether oxygens (including phenoxy) is 3. The van der Waals surface area contributed by atoms with Gasteiger partial charge < -0.3 is 19.3 Å². The van der Waals surface area contributed by atoms with Crippen LogP contribution in [-0.4, -0.2) is 47.1 Å². The van der Waals surface area contributed by atoms with Crippen molar-refractivity contribution in [2.45, 2.75) is 77.2 Å². The van der Waals surface area contributed by atoms with Crippen molar-refractivity contribution in [2.24, 2.45) is 34.0 Å². The topological polar surface area (TPSA) is 82.1 Å². The fourth-order valence-electron chi connectivity index (χ4n) is 8.61. The minimum absolute atomic E-state index is 0.115. The Morgan fingerprint density at radius 2 is 1.86 bits per heavy atom. The van der Waals surface area contributed by atoms with E-state index in [0.717, 1.165) is 19.3 Å². The van der Waals surface area contributed by atoms with Crippen molar-refractivity contribution in [3.8, 4) is 0 Å². The second kappa shape index (κ2) is 4.87. The van der Waals surface area contributed by atoms with Gasteiger partial charge in [-0.2, -0.15) is 0 Å². The SMILES string of the molecule is C=C1C(=O)[C@@]23C4CC[C@@H]1[C@H]2OC(C)(C)O[C@]31OC[C@]42C(=O)CCC(C)(C)[C@H]2[C@@H]1O. The van der Waals surface area contributed by atoms with E-state index in [4.69, 9.17) is 14.2 Å². The van der Waals surface area contributed by atoms with Gasteiger partial charge in [0.05, 0.1) is 18.1 Å². The summed E-state index contributed by atoms with van der Waals surface area (Å²) in [5.74, 6) is -3.20. The number of hydrogen-bond acceptors (Lipinski definition) is 6. The molecule has 0 aromatic carbocycles. The summed E-state index contributed by atoms with van der Waals surface area (Å²) in [7, 11) is 0. The number of Topliss-reactive ketones (excluding diaryl/α,β-unsaturated/α-hetero) is 2. The summed E-state index contributed by atoms with van der Waals surface area (Å²) in [5, 5.41) is 11.9. The number of carbonyl (C=O) groups is 2. The van der Waals surface area contributed by atoms with Crippen LogP contribution in [0.5, 0.6) is 0 Å². The molecular formula is C23H30O6. The lowest BCUT2D eigenvalue weighted by atomic mass is 9.35. The van der Waals surface area contributed by atoms with Gasteiger partial charge in [0.15, 0.2) is 11.6 Å². The van der Waals surface area contributed by atoms with E-state index >= 15 is 0 Å². The van der Waals surface area contributed by atoms with Gasteiger partial charge in [-0.05, 0) is 50.0 Å². The summed E-state index contributed by atoms with van der Waals surface area (Å²) < 4.78 is 19.2. The second-order valence-electron chi connectivity index (χ2n) is 11.3. The Morgan fingerprint density at radius 3 is 2.59 bits per heavy atom. The van der Waals surface area contributed by atoms with Crippen molar-refractivity contribution in [3.05, 3.63) is 12.2 Å². The van der Waals surface area contributed by atoms with Crippen LogP contribution in [0.1, 0.15) is 53.4 Å². The Bertz CT molecular complexity index is 875. The maximum atomic E-state index is 13.9. The van der Waals surface area contributed by atoms with Crippen molar-refractivity contribution in [1.29, 1.82) is 0 Å². The molecule has 0 amide bonds. The molecule has 3 spiro atoms. The lowest BCUT2D eigenvalue weighted by Crippen LogP contribution is -2.88. The number of fused-ring (bicyclic) bond motifs is 1. The Morgan fingerprint density at radius 1 is 1.14 bits per heavy atom. The van der Waals surface area contributed by atoms with Gasteiger partial charge in [0, 0.05) is 18.3 Å². The first-order valence-electron chi connectivity index (χ1n) is 10.9. The zero-order chi connectivity index (χ0) is 20.8. The Labute approximate surface area is 171 Å². The first-order valence-corrected chi connectivity index (χ1v) is 10.9. The highest BCUT2D eigenvalue weighted by Crippen LogP contribution is 2.78. The number of hydrogen-bond donors (Lipinski definition) is 1. The van der Waals surface area contributed by atoms with E-state index in [1.807, 2.05) is 13.8 Å². The molecule has 0 radical (unpaired) electrons. The third-order valence-corrected chi connectivity index (χ3v) is 9.39. The van der Waals surface area contributed by atoms with E-state index in [1.165, 1.54) is 0 Å². The van der Waals surface area contributed by atoms with Crippen LogP contribution in [0.4, 0.5) is 0 Å². The predicted octanol–water partition coefficient (Wildman–Crippen LogP) is 2.38. The third kappa shape index (κ3) is 1.64. The van der Waals surface area contributed by atoms with Crippen LogP contribution >= 0.6 is 0 Å². The molecule has 1 unspecified atom stereocenters. The fraction of sp³-hybridized carbons (Fsp3) is 0.826. The molecule has 158 valence electrons. The van der Waals surface area contributed by atoms with Crippen LogP contribution in [-0.2, 0) is 23.8 Å². The van der Waals surface area contributed by atoms with E-state index < -0.39 is 34.6 Å². The first kappa shape index (κ1) is 18.7. The minimum Gasteiger partial charge on any atom is -0.387 e. The molecule has 3 heterocycles. The van der Waals surface area contributed by atoms with E-state index in [-0.39, 0.29) is 41.3 Å². The zero-order valence-corrected chi connectivity index (χ0v) is 17.6. The van der Waals surface area contributed by atoms with E-state index in [9.17, 15) is 14.7 Å². The second-order valence-corrected chi connectivity index (χ2v) is 11.3. The largest absolute Gasteiger partial charge is 0.387 e. The molecule has 3 aliphatic heterocycles. The average Bonchev–Trinajstić information content (AvgIpc) is 2.75. The fourth-order valence-corrected chi connectivity index (χ4v) is 8.61. The van der Waals surface area contributed by atoms with E-state index in [0.29, 0.717) is 12.0 Å². The van der Waals surface area contributed by atoms with E-state index in [2.05, 4.69) is 20.4 Å². The molecule has 7 fully saturated rings. The van der Waals surface area contributed by atoms with Crippen molar-refractivity contribution in [3.63, 3.8) is 0 Å². The standard InChI is InChI=1S/C23H30O6/c1-11-12-6-7-13-21-10-27-23(17(26)15(21)19(2,3)9-8-14(21)24)22(13,16(11)25)18(12)28-20(4,5)29-23/h12-13,15,17-18,26H,1,6-10H2,2-5H3/t12-,13?,15+,17-,18+,21+,22-,23-/m0/s1. The molecule has 7 rings (SSSR count). The van der Waals surface area contributed by atoms with E-state index in [1.54, 1.807) is 0 Å². The quantitative estimate of drug-likeness (QED) is 0.627. The van der Waals surface area contributed by atoms with Crippen molar-refractivity contribution < 1.29 is 28.9 Å². The normalized spacial score (nSPS) is 56.2. The molecule has 7 aliphatic rings. The summed E-state index contributed by atoms with van der Waals surface area (Å²) >= 11 is 0. The number of carbonyl (C=O) groups excluding carboxylic acids is 2. The summed E-state index contributed by atoms with van der Waals surface area (Å²) in [5.41, 5.74) is -1.79. The lowest BCUT2D eigenvalue weighted by molar-refractivity contribution is -0.523. The van der Waals surface area contributed by atoms with Crippen LogP contribution < -0.4 is 0 Å². The monoisotopic (exact) mass is 402 g/mol. The highest BCUT2D eigenvalue weighted by Gasteiger charge is 2.90. The number of ketones is 2. The molecular weight excluding hydrogens is 372 g/mol. The summed E-state index contributed by atoms with van der Waals surface area (Å²) in [4.78, 5) is 27.5. The van der Waals surface area contributed by atoms with Gasteiger partial charge in [-0.25, -0.2) is 0 Å². The molecule has 4 bridgehead atoms. The van der Waals surface area contributed by atoms with Crippen molar-refractivity contribution >= 4 is 11.6 Å². The highest BCUT2D eigenvalue weighted by atomic mass is 16.8. The van der Waals surface area contributed by atoms with Crippen LogP contribution in [0.3, 0.4) is 0 Å². The average molecular weight is 402 g/mol. The van der Waals surface area contributed by atoms with Crippen molar-refractivity contribution in [2.75, 3.05) is 6.61 Å². The molecule has 3 saturated heterocycles. The number of aliphatic hydroxyl groups excluding tert-OH is 1. The van der Waals surface area contributed by atoms with Gasteiger partial charge in [-0.1, -0.05) is 20.4 Å². The lowest BCUT2D eigenvalue weighted by Gasteiger charge is -2.76. The smallest absolute Gasteiger partial charge is 0.213 e. The van der Waals surface area contributed by atoms with Gasteiger partial charge in [0.1, 0.15) is 17.3 Å². The first-order chi connectivity index (χ1) is 13.5. The van der Waals surface area contributed by atoms with Crippen LogP contribution in [0.25, 0.3) is 0 Å². The Balaban J connectivity index is 1.69. The minimum atomic E-state index is -1.50. The van der Waals surface area contributed by atoms with Crippen LogP contribution in [0.15, 0.2) is 12.2 Å². The summed E-state index contributed by atoms with van der Waals surface area (Å²) in [6.07, 6.45) is 1.12. The number of rotatable bonds is 0. The van der Waals surface area contributed by atoms with Crippen LogP contribution in [0, 0.1) is 34.0 Å². The Kier molecular flexibility index (Phi) is 3.14. The molecule has 8 atom stereocenters. The highest BCUT2D eigenvalue weighted by molar-refractivity contribution is 6.06. The molecule has 6 heteroatoms. The molecule has 4 aliphatic carbocycles. The third-order valence-electron chi connectivity index (χ3n) is 9.39. The maximum absolute atomic E-state index is 13.9. The molecule has 4 saturated carbocycles. The summed E-state index contributed by atoms with van der Waals surface area (Å²) in [6.45, 7) is 12.2.